The molecule has 1 aromatic rings. The fraction of sp³-hybridized carbons (Fsp3) is 0.462. The van der Waals surface area contributed by atoms with E-state index in [4.69, 9.17) is 9.47 Å². The van der Waals surface area contributed by atoms with E-state index >= 15 is 0 Å². The van der Waals surface area contributed by atoms with Crippen LogP contribution in [0.1, 0.15) is 24.2 Å². The van der Waals surface area contributed by atoms with Crippen molar-refractivity contribution in [1.29, 1.82) is 0 Å². The molecule has 0 amide bonds. The van der Waals surface area contributed by atoms with Gasteiger partial charge in [-0.05, 0) is 26.0 Å². The molecule has 0 aromatic heterocycles. The molecule has 0 unspecified atom stereocenters. The van der Waals surface area contributed by atoms with Crippen LogP contribution < -0.4 is 9.47 Å². The predicted octanol–water partition coefficient (Wildman–Crippen LogP) is 1.67. The molecule has 0 N–H and O–H groups in total. The molecule has 0 saturated carbocycles. The minimum atomic E-state index is -3.54. The van der Waals surface area contributed by atoms with Gasteiger partial charge in [-0.1, -0.05) is 0 Å². The summed E-state index contributed by atoms with van der Waals surface area (Å²) in [5.41, 5.74) is -0.0355. The fourth-order valence-electron chi connectivity index (χ4n) is 1.69. The highest BCUT2D eigenvalue weighted by atomic mass is 32.2. The molecule has 1 rings (SSSR count). The van der Waals surface area contributed by atoms with Crippen molar-refractivity contribution >= 4 is 15.8 Å². The lowest BCUT2D eigenvalue weighted by Crippen LogP contribution is -2.14. The average Bonchev–Trinajstić information content (AvgIpc) is 2.35. The summed E-state index contributed by atoms with van der Waals surface area (Å²) in [6, 6.07) is 2.77. The standard InChI is InChI=1S/C13H18O6S/c1-8(2)19-9-6-7-10(20(5,15)16)12(17-3)11(9)13(14)18-4/h6-8H,1-5H3. The van der Waals surface area contributed by atoms with Crippen molar-refractivity contribution < 1.29 is 27.4 Å². The monoisotopic (exact) mass is 302 g/mol. The normalized spacial score (nSPS) is 11.3. The van der Waals surface area contributed by atoms with Crippen LogP contribution in [0.2, 0.25) is 0 Å². The number of carbonyl (C=O) groups is 1. The van der Waals surface area contributed by atoms with Crippen molar-refractivity contribution in [3.8, 4) is 11.5 Å². The lowest BCUT2D eigenvalue weighted by molar-refractivity contribution is 0.0589. The highest BCUT2D eigenvalue weighted by Crippen LogP contribution is 2.36. The van der Waals surface area contributed by atoms with E-state index in [1.165, 1.54) is 26.4 Å². The summed E-state index contributed by atoms with van der Waals surface area (Å²) in [6.45, 7) is 3.58. The van der Waals surface area contributed by atoms with E-state index in [-0.39, 0.29) is 28.1 Å². The first-order valence-corrected chi connectivity index (χ1v) is 7.77. The van der Waals surface area contributed by atoms with E-state index in [0.717, 1.165) is 6.26 Å². The molecule has 7 heteroatoms. The largest absolute Gasteiger partial charge is 0.494 e. The predicted molar refractivity (Wildman–Crippen MR) is 73.2 cm³/mol. The molecule has 6 nitrogen and oxygen atoms in total. The quantitative estimate of drug-likeness (QED) is 0.770. The maximum atomic E-state index is 11.9. The smallest absolute Gasteiger partial charge is 0.345 e. The minimum absolute atomic E-state index is 0.0355. The Hall–Kier alpha value is -1.76. The number of rotatable bonds is 5. The molecular weight excluding hydrogens is 284 g/mol. The lowest BCUT2D eigenvalue weighted by Gasteiger charge is -2.17. The zero-order valence-corrected chi connectivity index (χ0v) is 12.9. The Bertz CT molecular complexity index is 604. The second-order valence-corrected chi connectivity index (χ2v) is 6.38. The Kier molecular flexibility index (Phi) is 4.99. The van der Waals surface area contributed by atoms with Crippen molar-refractivity contribution in [2.75, 3.05) is 20.5 Å². The van der Waals surface area contributed by atoms with E-state index in [9.17, 15) is 13.2 Å². The maximum Gasteiger partial charge on any atom is 0.345 e. The van der Waals surface area contributed by atoms with Crippen LogP contribution in [0, 0.1) is 0 Å². The van der Waals surface area contributed by atoms with E-state index in [1.54, 1.807) is 13.8 Å². The van der Waals surface area contributed by atoms with Crippen LogP contribution in [0.3, 0.4) is 0 Å². The van der Waals surface area contributed by atoms with Crippen LogP contribution in [0.15, 0.2) is 17.0 Å². The third-order valence-corrected chi connectivity index (χ3v) is 3.56. The van der Waals surface area contributed by atoms with Crippen LogP contribution >= 0.6 is 0 Å². The SMILES string of the molecule is COC(=O)c1c(OC(C)C)ccc(S(C)(=O)=O)c1OC. The lowest BCUT2D eigenvalue weighted by atomic mass is 10.1. The number of sulfone groups is 1. The number of hydrogen-bond acceptors (Lipinski definition) is 6. The third-order valence-electron chi connectivity index (χ3n) is 2.44. The number of methoxy groups -OCH3 is 2. The van der Waals surface area contributed by atoms with E-state index in [1.807, 2.05) is 0 Å². The van der Waals surface area contributed by atoms with Gasteiger partial charge in [0.1, 0.15) is 16.2 Å². The second-order valence-electron chi connectivity index (χ2n) is 4.40. The highest BCUT2D eigenvalue weighted by molar-refractivity contribution is 7.90. The van der Waals surface area contributed by atoms with E-state index in [0.29, 0.717) is 0 Å². The molecule has 0 radical (unpaired) electrons. The van der Waals surface area contributed by atoms with Crippen molar-refractivity contribution in [3.05, 3.63) is 17.7 Å². The van der Waals surface area contributed by atoms with Crippen molar-refractivity contribution in [2.45, 2.75) is 24.8 Å². The molecule has 0 atom stereocenters. The van der Waals surface area contributed by atoms with Gasteiger partial charge in [0.05, 0.1) is 20.3 Å². The summed E-state index contributed by atoms with van der Waals surface area (Å²) in [4.78, 5) is 11.8. The Morgan fingerprint density at radius 1 is 1.20 bits per heavy atom. The van der Waals surface area contributed by atoms with Crippen LogP contribution in [0.5, 0.6) is 11.5 Å². The van der Waals surface area contributed by atoms with Crippen LogP contribution in [0.4, 0.5) is 0 Å². The van der Waals surface area contributed by atoms with E-state index in [2.05, 4.69) is 4.74 Å². The Labute approximate surface area is 118 Å². The van der Waals surface area contributed by atoms with Gasteiger partial charge in [0, 0.05) is 6.26 Å². The summed E-state index contributed by atoms with van der Waals surface area (Å²) in [5.74, 6) is -0.573. The summed E-state index contributed by atoms with van der Waals surface area (Å²) < 4.78 is 38.7. The van der Waals surface area contributed by atoms with Crippen molar-refractivity contribution in [1.82, 2.24) is 0 Å². The first kappa shape index (κ1) is 16.3. The van der Waals surface area contributed by atoms with Crippen molar-refractivity contribution in [2.24, 2.45) is 0 Å². The Morgan fingerprint density at radius 2 is 1.80 bits per heavy atom. The molecule has 112 valence electrons. The Balaban J connectivity index is 3.63. The number of benzene rings is 1. The molecular formula is C13H18O6S. The molecule has 0 spiro atoms. The topological polar surface area (TPSA) is 78.9 Å². The van der Waals surface area contributed by atoms with Gasteiger partial charge in [-0.2, -0.15) is 0 Å². The maximum absolute atomic E-state index is 11.9. The first-order valence-electron chi connectivity index (χ1n) is 5.88. The molecule has 1 aromatic carbocycles. The van der Waals surface area contributed by atoms with Gasteiger partial charge in [0.25, 0.3) is 0 Å². The van der Waals surface area contributed by atoms with Gasteiger partial charge in [-0.25, -0.2) is 13.2 Å². The average molecular weight is 302 g/mol. The van der Waals surface area contributed by atoms with Gasteiger partial charge < -0.3 is 14.2 Å². The molecule has 20 heavy (non-hydrogen) atoms. The fourth-order valence-corrected chi connectivity index (χ4v) is 2.53. The number of carbonyl (C=O) groups excluding carboxylic acids is 1. The summed E-state index contributed by atoms with van der Waals surface area (Å²) in [7, 11) is -1.05. The Morgan fingerprint density at radius 3 is 2.20 bits per heavy atom. The van der Waals surface area contributed by atoms with E-state index < -0.39 is 15.8 Å². The van der Waals surface area contributed by atoms with Gasteiger partial charge in [-0.3, -0.25) is 0 Å². The molecule has 0 aliphatic rings. The number of esters is 1. The zero-order chi connectivity index (χ0) is 15.5. The molecule has 0 bridgehead atoms. The molecule has 0 saturated heterocycles. The molecule has 0 aliphatic heterocycles. The number of hydrogen-bond donors (Lipinski definition) is 0. The van der Waals surface area contributed by atoms with Gasteiger partial charge in [0.2, 0.25) is 0 Å². The third kappa shape index (κ3) is 3.41. The summed E-state index contributed by atoms with van der Waals surface area (Å²) in [6.07, 6.45) is 0.849. The van der Waals surface area contributed by atoms with Crippen LogP contribution in [-0.4, -0.2) is 41.0 Å². The molecule has 0 fully saturated rings. The number of ether oxygens (including phenoxy) is 3. The second kappa shape index (κ2) is 6.13. The molecule has 0 aliphatic carbocycles. The minimum Gasteiger partial charge on any atom is -0.494 e. The summed E-state index contributed by atoms with van der Waals surface area (Å²) in [5, 5.41) is 0. The highest BCUT2D eigenvalue weighted by Gasteiger charge is 2.27. The van der Waals surface area contributed by atoms with Crippen molar-refractivity contribution in [3.63, 3.8) is 0 Å². The first-order chi connectivity index (χ1) is 9.22. The molecule has 0 heterocycles. The summed E-state index contributed by atoms with van der Waals surface area (Å²) >= 11 is 0. The van der Waals surface area contributed by atoms with Gasteiger partial charge in [0.15, 0.2) is 15.6 Å². The zero-order valence-electron chi connectivity index (χ0n) is 12.1. The van der Waals surface area contributed by atoms with Gasteiger partial charge >= 0.3 is 5.97 Å². The van der Waals surface area contributed by atoms with Gasteiger partial charge in [-0.15, -0.1) is 0 Å². The van der Waals surface area contributed by atoms with Crippen LogP contribution in [-0.2, 0) is 14.6 Å². The van der Waals surface area contributed by atoms with Crippen LogP contribution in [0.25, 0.3) is 0 Å².